The van der Waals surface area contributed by atoms with Crippen molar-refractivity contribution in [3.8, 4) is 29.1 Å². The van der Waals surface area contributed by atoms with Gasteiger partial charge < -0.3 is 23.4 Å². The molecule has 3 aromatic rings. The van der Waals surface area contributed by atoms with Gasteiger partial charge in [0.25, 0.3) is 0 Å². The number of hydrogen-bond donors (Lipinski definition) is 1. The van der Waals surface area contributed by atoms with Gasteiger partial charge >= 0.3 is 5.63 Å². The Morgan fingerprint density at radius 3 is 2.37 bits per heavy atom. The minimum absolute atomic E-state index is 0.154. The molecule has 0 saturated carbocycles. The second-order valence-electron chi connectivity index (χ2n) is 6.63. The van der Waals surface area contributed by atoms with Crippen molar-refractivity contribution in [1.82, 2.24) is 0 Å². The molecule has 1 N–H and O–H groups in total. The van der Waals surface area contributed by atoms with Crippen molar-refractivity contribution >= 4 is 16.9 Å². The van der Waals surface area contributed by atoms with Crippen LogP contribution in [0.3, 0.4) is 0 Å². The molecule has 152 valence electrons. The summed E-state index contributed by atoms with van der Waals surface area (Å²) in [6.07, 6.45) is 0. The Kier molecular flexibility index (Phi) is 4.80. The van der Waals surface area contributed by atoms with Crippen LogP contribution in [0.4, 0.5) is 0 Å². The summed E-state index contributed by atoms with van der Waals surface area (Å²) in [5.41, 5.74) is 0.334. The molecule has 1 aliphatic heterocycles. The average molecular weight is 406 g/mol. The predicted molar refractivity (Wildman–Crippen MR) is 108 cm³/mol. The summed E-state index contributed by atoms with van der Waals surface area (Å²) in [6.45, 7) is 0. The van der Waals surface area contributed by atoms with Crippen molar-refractivity contribution in [2.24, 2.45) is 5.92 Å². The molecule has 30 heavy (non-hydrogen) atoms. The average Bonchev–Trinajstić information content (AvgIpc) is 2.77. The lowest BCUT2D eigenvalue weighted by Gasteiger charge is -2.30. The zero-order chi connectivity index (χ0) is 21.4. The number of hydrogen-bond acceptors (Lipinski definition) is 8. The fraction of sp³-hybridized carbons (Fsp3) is 0.227. The first-order chi connectivity index (χ1) is 14.5. The fourth-order valence-electron chi connectivity index (χ4n) is 3.77. The van der Waals surface area contributed by atoms with E-state index in [1.165, 1.54) is 21.3 Å². The monoisotopic (exact) mass is 406 g/mol. The van der Waals surface area contributed by atoms with Crippen LogP contribution < -0.4 is 24.6 Å². The van der Waals surface area contributed by atoms with Crippen LogP contribution in [0.25, 0.3) is 11.0 Å². The predicted octanol–water partition coefficient (Wildman–Crippen LogP) is 3.46. The fourth-order valence-corrected chi connectivity index (χ4v) is 3.77. The topological polar surface area (TPSA) is 115 Å². The Morgan fingerprint density at radius 1 is 1.03 bits per heavy atom. The van der Waals surface area contributed by atoms with E-state index in [1.807, 2.05) is 0 Å². The third-order valence-corrected chi connectivity index (χ3v) is 5.15. The Balaban J connectivity index is 2.08. The number of ether oxygens (including phenoxy) is 4. The first-order valence-corrected chi connectivity index (χ1v) is 9.05. The lowest BCUT2D eigenvalue weighted by atomic mass is 9.79. The second kappa shape index (κ2) is 7.44. The summed E-state index contributed by atoms with van der Waals surface area (Å²) in [5, 5.41) is 18.7. The molecule has 8 heteroatoms. The maximum atomic E-state index is 13.0. The summed E-state index contributed by atoms with van der Waals surface area (Å²) in [6, 6.07) is 12.2. The quantitative estimate of drug-likeness (QED) is 0.660. The van der Waals surface area contributed by atoms with Gasteiger partial charge in [-0.25, -0.2) is 4.79 Å². The molecule has 0 aliphatic carbocycles. The number of benzene rings is 2. The lowest BCUT2D eigenvalue weighted by Crippen LogP contribution is -2.34. The maximum Gasteiger partial charge on any atom is 0.343 e. The highest BCUT2D eigenvalue weighted by Gasteiger charge is 2.42. The summed E-state index contributed by atoms with van der Waals surface area (Å²) in [4.78, 5) is 13.0. The molecule has 0 spiro atoms. The number of fused-ring (bicyclic) bond motifs is 3. The lowest BCUT2D eigenvalue weighted by molar-refractivity contribution is 0.345. The molecular weight excluding hydrogens is 388 g/mol. The van der Waals surface area contributed by atoms with Crippen LogP contribution in [-0.4, -0.2) is 27.2 Å². The first kappa shape index (κ1) is 19.3. The number of nitrogens with zero attached hydrogens (tertiary/aromatic N) is 1. The summed E-state index contributed by atoms with van der Waals surface area (Å²) < 4.78 is 27.4. The van der Waals surface area contributed by atoms with Crippen LogP contribution in [0.1, 0.15) is 17.0 Å². The molecule has 8 nitrogen and oxygen atoms in total. The van der Waals surface area contributed by atoms with E-state index in [0.29, 0.717) is 33.8 Å². The SMILES string of the molecule is COc1cc(OC)c(C2c3c(c4ccccc4oc3=O)OC(=N)C2C#N)cc1OC. The Bertz CT molecular complexity index is 1260. The van der Waals surface area contributed by atoms with E-state index in [2.05, 4.69) is 6.07 Å². The molecule has 1 aliphatic rings. The first-order valence-electron chi connectivity index (χ1n) is 9.05. The molecule has 0 bridgehead atoms. The Labute approximate surface area is 171 Å². The van der Waals surface area contributed by atoms with E-state index in [4.69, 9.17) is 28.8 Å². The van der Waals surface area contributed by atoms with E-state index in [9.17, 15) is 10.1 Å². The van der Waals surface area contributed by atoms with Crippen LogP contribution >= 0.6 is 0 Å². The van der Waals surface area contributed by atoms with E-state index < -0.39 is 17.5 Å². The molecule has 4 rings (SSSR count). The Morgan fingerprint density at radius 2 is 1.70 bits per heavy atom. The Hall–Kier alpha value is -3.99. The van der Waals surface area contributed by atoms with Gasteiger partial charge in [-0.05, 0) is 18.2 Å². The van der Waals surface area contributed by atoms with E-state index in [0.717, 1.165) is 0 Å². The highest BCUT2D eigenvalue weighted by molar-refractivity contribution is 5.93. The molecular formula is C22H18N2O6. The van der Waals surface area contributed by atoms with E-state index in [1.54, 1.807) is 36.4 Å². The molecule has 2 heterocycles. The van der Waals surface area contributed by atoms with Crippen molar-refractivity contribution in [2.45, 2.75) is 5.92 Å². The largest absolute Gasteiger partial charge is 0.496 e. The zero-order valence-electron chi connectivity index (χ0n) is 16.5. The van der Waals surface area contributed by atoms with Crippen LogP contribution in [0.15, 0.2) is 45.6 Å². The van der Waals surface area contributed by atoms with Crippen LogP contribution in [0.2, 0.25) is 0 Å². The summed E-state index contributed by atoms with van der Waals surface area (Å²) in [5.74, 6) is -0.765. The van der Waals surface area contributed by atoms with Crippen molar-refractivity contribution < 1.29 is 23.4 Å². The van der Waals surface area contributed by atoms with Crippen molar-refractivity contribution in [3.63, 3.8) is 0 Å². The van der Waals surface area contributed by atoms with Gasteiger partial charge in [-0.3, -0.25) is 5.41 Å². The minimum Gasteiger partial charge on any atom is -0.496 e. The molecule has 0 amide bonds. The molecule has 2 atom stereocenters. The number of rotatable bonds is 4. The molecule has 2 unspecified atom stereocenters. The van der Waals surface area contributed by atoms with Gasteiger partial charge in [0.05, 0.1) is 38.3 Å². The van der Waals surface area contributed by atoms with Gasteiger partial charge in [0.15, 0.2) is 17.2 Å². The number of nitriles is 1. The van der Waals surface area contributed by atoms with E-state index >= 15 is 0 Å². The van der Waals surface area contributed by atoms with Gasteiger partial charge in [-0.15, -0.1) is 0 Å². The summed E-state index contributed by atoms with van der Waals surface area (Å²) in [7, 11) is 4.45. The molecule has 0 fully saturated rings. The highest BCUT2D eigenvalue weighted by Crippen LogP contribution is 2.48. The van der Waals surface area contributed by atoms with Gasteiger partial charge in [0.2, 0.25) is 5.90 Å². The van der Waals surface area contributed by atoms with Crippen molar-refractivity contribution in [3.05, 3.63) is 57.9 Å². The van der Waals surface area contributed by atoms with Crippen LogP contribution in [0.5, 0.6) is 23.0 Å². The molecule has 0 saturated heterocycles. The molecule has 0 radical (unpaired) electrons. The van der Waals surface area contributed by atoms with Gasteiger partial charge in [0.1, 0.15) is 17.3 Å². The van der Waals surface area contributed by atoms with Gasteiger partial charge in [0, 0.05) is 17.5 Å². The maximum absolute atomic E-state index is 13.0. The smallest absolute Gasteiger partial charge is 0.343 e. The summed E-state index contributed by atoms with van der Waals surface area (Å²) >= 11 is 0. The van der Waals surface area contributed by atoms with Crippen LogP contribution in [-0.2, 0) is 0 Å². The minimum atomic E-state index is -1.06. The molecule has 1 aromatic heterocycles. The second-order valence-corrected chi connectivity index (χ2v) is 6.63. The van der Waals surface area contributed by atoms with Crippen molar-refractivity contribution in [2.75, 3.05) is 21.3 Å². The van der Waals surface area contributed by atoms with Gasteiger partial charge in [-0.2, -0.15) is 5.26 Å². The number of nitrogens with one attached hydrogen (secondary N) is 1. The highest BCUT2D eigenvalue weighted by atomic mass is 16.5. The number of para-hydroxylation sites is 1. The molecule has 2 aromatic carbocycles. The standard InChI is InChI=1S/C22H18N2O6/c1-26-15-9-17(28-3)16(27-2)8-12(15)18-13(10-23)21(24)30-20-11-6-4-5-7-14(11)29-22(25)19(18)20/h4-9,13,18,24H,1-3H3. The zero-order valence-corrected chi connectivity index (χ0v) is 16.5. The normalized spacial score (nSPS) is 17.6. The van der Waals surface area contributed by atoms with Gasteiger partial charge in [-0.1, -0.05) is 12.1 Å². The van der Waals surface area contributed by atoms with E-state index in [-0.39, 0.29) is 17.2 Å². The van der Waals surface area contributed by atoms with Crippen LogP contribution in [0, 0.1) is 22.7 Å². The third-order valence-electron chi connectivity index (χ3n) is 5.15. The van der Waals surface area contributed by atoms with Crippen molar-refractivity contribution in [1.29, 1.82) is 10.7 Å². The number of methoxy groups -OCH3 is 3. The third kappa shape index (κ3) is 2.83.